The molecule has 6 heteroatoms. The first-order chi connectivity index (χ1) is 10.6. The van der Waals surface area contributed by atoms with Crippen LogP contribution in [0.2, 0.25) is 0 Å². The Morgan fingerprint density at radius 2 is 2.04 bits per heavy atom. The first kappa shape index (κ1) is 20.4. The number of aryl methyl sites for hydroxylation is 1. The van der Waals surface area contributed by atoms with E-state index in [0.29, 0.717) is 12.0 Å². The summed E-state index contributed by atoms with van der Waals surface area (Å²) in [5, 5.41) is 9.03. The highest BCUT2D eigenvalue weighted by atomic mass is 127. The summed E-state index contributed by atoms with van der Waals surface area (Å²) in [7, 11) is 1.83. The van der Waals surface area contributed by atoms with Crippen molar-refractivity contribution in [2.75, 3.05) is 13.6 Å². The molecule has 2 unspecified atom stereocenters. The minimum Gasteiger partial charge on any atom is -0.356 e. The summed E-state index contributed by atoms with van der Waals surface area (Å²) in [5.74, 6) is 1.37. The molecule has 3 nitrogen and oxygen atoms in total. The van der Waals surface area contributed by atoms with Gasteiger partial charge in [-0.2, -0.15) is 0 Å². The third-order valence-corrected chi connectivity index (χ3v) is 5.64. The van der Waals surface area contributed by atoms with Crippen LogP contribution in [0, 0.1) is 6.92 Å². The molecule has 0 bridgehead atoms. The Balaban J connectivity index is 0.00000264. The monoisotopic (exact) mass is 463 g/mol. The normalized spacial score (nSPS) is 14.0. The average molecular weight is 463 g/mol. The first-order valence-electron chi connectivity index (χ1n) is 7.64. The number of rotatable bonds is 6. The molecular formula is C17H26IN3S2. The maximum atomic E-state index is 4.33. The van der Waals surface area contributed by atoms with Gasteiger partial charge in [0.1, 0.15) is 0 Å². The number of aliphatic imine (C=N–C) groups is 1. The maximum Gasteiger partial charge on any atom is 0.191 e. The Bertz CT molecular complexity index is 593. The summed E-state index contributed by atoms with van der Waals surface area (Å²) in [6.07, 6.45) is 1.03. The molecule has 2 rings (SSSR count). The Morgan fingerprint density at radius 3 is 2.61 bits per heavy atom. The smallest absolute Gasteiger partial charge is 0.191 e. The number of thiophene rings is 2. The van der Waals surface area contributed by atoms with Crippen molar-refractivity contribution >= 4 is 52.6 Å². The van der Waals surface area contributed by atoms with E-state index in [4.69, 9.17) is 0 Å². The van der Waals surface area contributed by atoms with E-state index in [1.807, 2.05) is 29.7 Å². The van der Waals surface area contributed by atoms with Crippen molar-refractivity contribution in [2.45, 2.75) is 39.2 Å². The molecule has 0 radical (unpaired) electrons. The van der Waals surface area contributed by atoms with Crippen LogP contribution in [0.4, 0.5) is 0 Å². The van der Waals surface area contributed by atoms with E-state index in [2.05, 4.69) is 66.0 Å². The SMILES string of the molecule is CN=C(NCC(C)c1cccs1)NC(C)Cc1ccc(C)s1.I. The highest BCUT2D eigenvalue weighted by Gasteiger charge is 2.10. The van der Waals surface area contributed by atoms with Crippen LogP contribution in [-0.4, -0.2) is 25.6 Å². The zero-order valence-corrected chi connectivity index (χ0v) is 18.1. The zero-order chi connectivity index (χ0) is 15.9. The lowest BCUT2D eigenvalue weighted by Gasteiger charge is -2.19. The molecule has 0 aromatic carbocycles. The highest BCUT2D eigenvalue weighted by Crippen LogP contribution is 2.19. The van der Waals surface area contributed by atoms with Crippen molar-refractivity contribution in [1.29, 1.82) is 0 Å². The van der Waals surface area contributed by atoms with Gasteiger partial charge in [-0.05, 0) is 37.4 Å². The van der Waals surface area contributed by atoms with Crippen LogP contribution in [0.15, 0.2) is 34.6 Å². The van der Waals surface area contributed by atoms with Crippen LogP contribution in [0.3, 0.4) is 0 Å². The molecule has 128 valence electrons. The van der Waals surface area contributed by atoms with Crippen molar-refractivity contribution in [3.63, 3.8) is 0 Å². The molecule has 0 aliphatic rings. The third-order valence-electron chi connectivity index (χ3n) is 3.51. The largest absolute Gasteiger partial charge is 0.356 e. The van der Waals surface area contributed by atoms with Crippen LogP contribution in [0.5, 0.6) is 0 Å². The molecule has 0 aliphatic heterocycles. The Labute approximate surface area is 164 Å². The first-order valence-corrected chi connectivity index (χ1v) is 9.34. The lowest BCUT2D eigenvalue weighted by atomic mass is 10.1. The fraction of sp³-hybridized carbons (Fsp3) is 0.471. The lowest BCUT2D eigenvalue weighted by Crippen LogP contribution is -2.44. The van der Waals surface area contributed by atoms with Gasteiger partial charge < -0.3 is 10.6 Å². The topological polar surface area (TPSA) is 36.4 Å². The van der Waals surface area contributed by atoms with E-state index >= 15 is 0 Å². The number of halogens is 1. The number of hydrogen-bond acceptors (Lipinski definition) is 3. The molecule has 0 spiro atoms. The third kappa shape index (κ3) is 6.81. The van der Waals surface area contributed by atoms with Crippen molar-refractivity contribution in [3.05, 3.63) is 44.3 Å². The Hall–Kier alpha value is -0.600. The molecule has 0 amide bonds. The van der Waals surface area contributed by atoms with Gasteiger partial charge >= 0.3 is 0 Å². The van der Waals surface area contributed by atoms with Crippen molar-refractivity contribution in [3.8, 4) is 0 Å². The van der Waals surface area contributed by atoms with Crippen molar-refractivity contribution in [2.24, 2.45) is 4.99 Å². The molecule has 0 fully saturated rings. The van der Waals surface area contributed by atoms with E-state index < -0.39 is 0 Å². The number of nitrogens with zero attached hydrogens (tertiary/aromatic N) is 1. The fourth-order valence-electron chi connectivity index (χ4n) is 2.30. The Morgan fingerprint density at radius 1 is 1.26 bits per heavy atom. The summed E-state index contributed by atoms with van der Waals surface area (Å²) < 4.78 is 0. The lowest BCUT2D eigenvalue weighted by molar-refractivity contribution is 0.633. The predicted molar refractivity (Wildman–Crippen MR) is 115 cm³/mol. The summed E-state index contributed by atoms with van der Waals surface area (Å²) >= 11 is 3.68. The molecule has 0 saturated heterocycles. The second-order valence-electron chi connectivity index (χ2n) is 5.63. The minimum atomic E-state index is 0. The quantitative estimate of drug-likeness (QED) is 0.372. The highest BCUT2D eigenvalue weighted by molar-refractivity contribution is 14.0. The van der Waals surface area contributed by atoms with E-state index in [0.717, 1.165) is 18.9 Å². The van der Waals surface area contributed by atoms with E-state index in [9.17, 15) is 0 Å². The molecule has 2 aromatic heterocycles. The fourth-order valence-corrected chi connectivity index (χ4v) is 4.10. The van der Waals surface area contributed by atoms with Crippen LogP contribution < -0.4 is 10.6 Å². The van der Waals surface area contributed by atoms with Crippen molar-refractivity contribution < 1.29 is 0 Å². The van der Waals surface area contributed by atoms with Gasteiger partial charge in [-0.25, -0.2) is 0 Å². The maximum absolute atomic E-state index is 4.33. The second-order valence-corrected chi connectivity index (χ2v) is 7.98. The molecule has 2 heterocycles. The molecule has 0 saturated carbocycles. The summed E-state index contributed by atoms with van der Waals surface area (Å²) in [6.45, 7) is 7.48. The average Bonchev–Trinajstić information content (AvgIpc) is 3.14. The number of guanidine groups is 1. The molecular weight excluding hydrogens is 437 g/mol. The number of hydrogen-bond donors (Lipinski definition) is 2. The predicted octanol–water partition coefficient (Wildman–Crippen LogP) is 4.64. The zero-order valence-electron chi connectivity index (χ0n) is 14.1. The van der Waals surface area contributed by atoms with E-state index in [-0.39, 0.29) is 24.0 Å². The molecule has 0 aliphatic carbocycles. The standard InChI is InChI=1S/C17H25N3S2.HI/c1-12(16-6-5-9-21-16)11-19-17(18-4)20-13(2)10-15-8-7-14(3)22-15;/h5-9,12-13H,10-11H2,1-4H3,(H2,18,19,20);1H. The molecule has 2 N–H and O–H groups in total. The summed E-state index contributed by atoms with van der Waals surface area (Å²) in [6, 6.07) is 9.06. The van der Waals surface area contributed by atoms with Crippen LogP contribution in [-0.2, 0) is 6.42 Å². The molecule has 2 atom stereocenters. The van der Waals surface area contributed by atoms with Crippen LogP contribution >= 0.6 is 46.7 Å². The second kappa shape index (κ2) is 10.3. The molecule has 2 aromatic rings. The van der Waals surface area contributed by atoms with Gasteiger partial charge in [0.25, 0.3) is 0 Å². The minimum absolute atomic E-state index is 0. The van der Waals surface area contributed by atoms with Gasteiger partial charge in [0.15, 0.2) is 5.96 Å². The van der Waals surface area contributed by atoms with Gasteiger partial charge in [0.05, 0.1) is 0 Å². The number of nitrogens with one attached hydrogen (secondary N) is 2. The van der Waals surface area contributed by atoms with E-state index in [1.165, 1.54) is 14.6 Å². The van der Waals surface area contributed by atoms with Crippen LogP contribution in [0.25, 0.3) is 0 Å². The van der Waals surface area contributed by atoms with E-state index in [1.54, 1.807) is 0 Å². The van der Waals surface area contributed by atoms with Gasteiger partial charge in [-0.3, -0.25) is 4.99 Å². The summed E-state index contributed by atoms with van der Waals surface area (Å²) in [5.41, 5.74) is 0. The molecule has 23 heavy (non-hydrogen) atoms. The van der Waals surface area contributed by atoms with Gasteiger partial charge in [-0.15, -0.1) is 46.7 Å². The van der Waals surface area contributed by atoms with Crippen LogP contribution in [0.1, 0.15) is 34.4 Å². The Kier molecular flexibility index (Phi) is 9.16. The van der Waals surface area contributed by atoms with Gasteiger partial charge in [0.2, 0.25) is 0 Å². The summed E-state index contributed by atoms with van der Waals surface area (Å²) in [4.78, 5) is 8.52. The van der Waals surface area contributed by atoms with Gasteiger partial charge in [-0.1, -0.05) is 13.0 Å². The van der Waals surface area contributed by atoms with Gasteiger partial charge in [0, 0.05) is 46.6 Å². The van der Waals surface area contributed by atoms with Crippen molar-refractivity contribution in [1.82, 2.24) is 10.6 Å².